The second-order valence-electron chi connectivity index (χ2n) is 4.75. The van der Waals surface area contributed by atoms with Gasteiger partial charge in [0.15, 0.2) is 0 Å². The van der Waals surface area contributed by atoms with Crippen molar-refractivity contribution in [2.24, 2.45) is 11.8 Å². The van der Waals surface area contributed by atoms with Crippen LogP contribution in [0.25, 0.3) is 0 Å². The number of ether oxygens (including phenoxy) is 1. The average Bonchev–Trinajstić information content (AvgIpc) is 2.99. The van der Waals surface area contributed by atoms with Gasteiger partial charge in [0, 0.05) is 25.6 Å². The Morgan fingerprint density at radius 2 is 2.18 bits per heavy atom. The van der Waals surface area contributed by atoms with Gasteiger partial charge in [0.25, 0.3) is 0 Å². The van der Waals surface area contributed by atoms with E-state index < -0.39 is 0 Å². The van der Waals surface area contributed by atoms with Crippen molar-refractivity contribution in [1.29, 1.82) is 0 Å². The Bertz CT molecular complexity index is 249. The van der Waals surface area contributed by atoms with Gasteiger partial charge in [0.2, 0.25) is 5.91 Å². The van der Waals surface area contributed by atoms with E-state index in [1.807, 2.05) is 0 Å². The molecule has 0 aromatic heterocycles. The van der Waals surface area contributed by atoms with E-state index in [-0.39, 0.29) is 36.9 Å². The second kappa shape index (κ2) is 7.16. The summed E-state index contributed by atoms with van der Waals surface area (Å²) in [6, 6.07) is 0. The summed E-state index contributed by atoms with van der Waals surface area (Å²) in [6.07, 6.45) is 2.14. The molecule has 100 valence electrons. The van der Waals surface area contributed by atoms with E-state index in [0.29, 0.717) is 25.6 Å². The largest absolute Gasteiger partial charge is 0.391 e. The number of halogens is 1. The number of carbonyl (C=O) groups excluding carboxylic acids is 1. The van der Waals surface area contributed by atoms with Gasteiger partial charge in [-0.25, -0.2) is 0 Å². The minimum atomic E-state index is -0.340. The molecule has 1 amide bonds. The third-order valence-corrected chi connectivity index (χ3v) is 3.15. The Balaban J connectivity index is 0.00000144. The first-order valence-electron chi connectivity index (χ1n) is 5.99. The quantitative estimate of drug-likeness (QED) is 0.607. The summed E-state index contributed by atoms with van der Waals surface area (Å²) < 4.78 is 5.27. The zero-order valence-electron chi connectivity index (χ0n) is 9.85. The van der Waals surface area contributed by atoms with Crippen LogP contribution in [0.1, 0.15) is 12.8 Å². The van der Waals surface area contributed by atoms with Crippen LogP contribution >= 0.6 is 12.4 Å². The molecule has 3 N–H and O–H groups in total. The van der Waals surface area contributed by atoms with Crippen molar-refractivity contribution in [1.82, 2.24) is 10.6 Å². The molecule has 0 aromatic rings. The molecule has 1 aliphatic heterocycles. The maximum Gasteiger partial charge on any atom is 0.246 e. The number of β-amino-alcohol motifs (C(OH)–C–C–N with tert-alkyl or cyclic N) is 1. The fraction of sp³-hybridized carbons (Fsp3) is 0.909. The van der Waals surface area contributed by atoms with Gasteiger partial charge in [0.1, 0.15) is 6.61 Å². The highest BCUT2D eigenvalue weighted by atomic mass is 35.5. The van der Waals surface area contributed by atoms with Crippen LogP contribution in [0.2, 0.25) is 0 Å². The van der Waals surface area contributed by atoms with Crippen molar-refractivity contribution in [3.05, 3.63) is 0 Å². The molecular formula is C11H21ClN2O3. The Morgan fingerprint density at radius 3 is 2.76 bits per heavy atom. The molecule has 0 aromatic carbocycles. The van der Waals surface area contributed by atoms with Crippen molar-refractivity contribution in [2.45, 2.75) is 18.9 Å². The van der Waals surface area contributed by atoms with Crippen LogP contribution in [-0.4, -0.2) is 50.0 Å². The first-order chi connectivity index (χ1) is 7.75. The van der Waals surface area contributed by atoms with Crippen LogP contribution < -0.4 is 10.6 Å². The maximum atomic E-state index is 11.4. The van der Waals surface area contributed by atoms with E-state index in [1.165, 1.54) is 12.8 Å². The van der Waals surface area contributed by atoms with Gasteiger partial charge in [-0.15, -0.1) is 12.4 Å². The number of amides is 1. The summed E-state index contributed by atoms with van der Waals surface area (Å²) in [6.45, 7) is 2.77. The minimum absolute atomic E-state index is 0. The van der Waals surface area contributed by atoms with Crippen LogP contribution in [0.3, 0.4) is 0 Å². The Morgan fingerprint density at radius 1 is 1.41 bits per heavy atom. The molecule has 2 aliphatic rings. The predicted octanol–water partition coefficient (Wildman–Crippen LogP) is -0.469. The molecule has 5 nitrogen and oxygen atoms in total. The van der Waals surface area contributed by atoms with Crippen LogP contribution in [-0.2, 0) is 9.53 Å². The molecule has 1 saturated heterocycles. The van der Waals surface area contributed by atoms with E-state index in [4.69, 9.17) is 4.74 Å². The third-order valence-electron chi connectivity index (χ3n) is 3.15. The lowest BCUT2D eigenvalue weighted by molar-refractivity contribution is -0.126. The topological polar surface area (TPSA) is 70.6 Å². The predicted molar refractivity (Wildman–Crippen MR) is 66.2 cm³/mol. The average molecular weight is 265 g/mol. The molecule has 0 spiro atoms. The molecular weight excluding hydrogens is 244 g/mol. The van der Waals surface area contributed by atoms with Gasteiger partial charge < -0.3 is 20.5 Å². The van der Waals surface area contributed by atoms with E-state index in [1.54, 1.807) is 0 Å². The third kappa shape index (κ3) is 5.21. The maximum absolute atomic E-state index is 11.4. The fourth-order valence-electron chi connectivity index (χ4n) is 1.83. The molecule has 6 heteroatoms. The lowest BCUT2D eigenvalue weighted by Gasteiger charge is -2.14. The van der Waals surface area contributed by atoms with Crippen LogP contribution in [0, 0.1) is 11.8 Å². The Labute approximate surface area is 108 Å². The number of nitrogens with one attached hydrogen (secondary N) is 2. The van der Waals surface area contributed by atoms with Gasteiger partial charge in [-0.1, -0.05) is 0 Å². The van der Waals surface area contributed by atoms with E-state index in [9.17, 15) is 9.90 Å². The van der Waals surface area contributed by atoms with Crippen molar-refractivity contribution in [2.75, 3.05) is 32.8 Å². The van der Waals surface area contributed by atoms with E-state index in [2.05, 4.69) is 10.6 Å². The highest BCUT2D eigenvalue weighted by Gasteiger charge is 2.25. The summed E-state index contributed by atoms with van der Waals surface area (Å²) in [4.78, 5) is 11.4. The van der Waals surface area contributed by atoms with E-state index >= 15 is 0 Å². The lowest BCUT2D eigenvalue weighted by atomic mass is 10.1. The highest BCUT2D eigenvalue weighted by Crippen LogP contribution is 2.28. The van der Waals surface area contributed by atoms with Gasteiger partial charge >= 0.3 is 0 Å². The summed E-state index contributed by atoms with van der Waals surface area (Å²) in [5.41, 5.74) is 0. The normalized spacial score (nSPS) is 27.6. The molecule has 2 rings (SSSR count). The molecule has 2 atom stereocenters. The standard InChI is InChI=1S/C11H20N2O3.ClH/c14-10-5-12-3-9(10)4-13-11(15)7-16-6-8-1-2-8;/h8-10,12,14H,1-7H2,(H,13,15);1H. The molecule has 2 fully saturated rings. The SMILES string of the molecule is Cl.O=C(COCC1CC1)NCC1CNCC1O. The Hall–Kier alpha value is -0.360. The van der Waals surface area contributed by atoms with Gasteiger partial charge in [0.05, 0.1) is 12.7 Å². The number of hydrogen-bond donors (Lipinski definition) is 3. The van der Waals surface area contributed by atoms with Crippen molar-refractivity contribution in [3.63, 3.8) is 0 Å². The molecule has 0 bridgehead atoms. The van der Waals surface area contributed by atoms with Gasteiger partial charge in [-0.3, -0.25) is 4.79 Å². The molecule has 0 radical (unpaired) electrons. The molecule has 17 heavy (non-hydrogen) atoms. The Kier molecular flexibility index (Phi) is 6.19. The summed E-state index contributed by atoms with van der Waals surface area (Å²) >= 11 is 0. The van der Waals surface area contributed by atoms with Gasteiger partial charge in [-0.05, 0) is 18.8 Å². The highest BCUT2D eigenvalue weighted by molar-refractivity contribution is 5.85. The van der Waals surface area contributed by atoms with Crippen molar-refractivity contribution < 1.29 is 14.6 Å². The molecule has 1 aliphatic carbocycles. The minimum Gasteiger partial charge on any atom is -0.391 e. The lowest BCUT2D eigenvalue weighted by Crippen LogP contribution is -2.36. The molecule has 1 saturated carbocycles. The zero-order chi connectivity index (χ0) is 11.4. The van der Waals surface area contributed by atoms with Crippen LogP contribution in [0.15, 0.2) is 0 Å². The van der Waals surface area contributed by atoms with E-state index in [0.717, 1.165) is 6.54 Å². The van der Waals surface area contributed by atoms with Crippen molar-refractivity contribution >= 4 is 18.3 Å². The number of rotatable bonds is 6. The fourth-order valence-corrected chi connectivity index (χ4v) is 1.83. The number of aliphatic hydroxyl groups is 1. The zero-order valence-corrected chi connectivity index (χ0v) is 10.7. The summed E-state index contributed by atoms with van der Waals surface area (Å²) in [7, 11) is 0. The number of aliphatic hydroxyl groups excluding tert-OH is 1. The smallest absolute Gasteiger partial charge is 0.246 e. The second-order valence-corrected chi connectivity index (χ2v) is 4.75. The van der Waals surface area contributed by atoms with Crippen LogP contribution in [0.5, 0.6) is 0 Å². The molecule has 2 unspecified atom stereocenters. The summed E-state index contributed by atoms with van der Waals surface area (Å²) in [5, 5.41) is 15.4. The van der Waals surface area contributed by atoms with Crippen molar-refractivity contribution in [3.8, 4) is 0 Å². The first kappa shape index (κ1) is 14.7. The van der Waals surface area contributed by atoms with Crippen LogP contribution in [0.4, 0.5) is 0 Å². The number of carbonyl (C=O) groups is 1. The molecule has 1 heterocycles. The summed E-state index contributed by atoms with van der Waals surface area (Å²) in [5.74, 6) is 0.737. The first-order valence-corrected chi connectivity index (χ1v) is 5.99. The monoisotopic (exact) mass is 264 g/mol. The number of hydrogen-bond acceptors (Lipinski definition) is 4. The van der Waals surface area contributed by atoms with Gasteiger partial charge in [-0.2, -0.15) is 0 Å².